The predicted molar refractivity (Wildman–Crippen MR) is 161 cm³/mol. The van der Waals surface area contributed by atoms with Crippen molar-refractivity contribution in [2.45, 2.75) is 142 Å². The van der Waals surface area contributed by atoms with Gasteiger partial charge >= 0.3 is 12.1 Å². The third-order valence-corrected chi connectivity index (χ3v) is 12.2. The Hall–Kier alpha value is -0.980. The van der Waals surface area contributed by atoms with Crippen molar-refractivity contribution in [3.63, 3.8) is 0 Å². The third kappa shape index (κ3) is 9.01. The van der Waals surface area contributed by atoms with Crippen molar-refractivity contribution in [1.29, 1.82) is 0 Å². The second-order valence-corrected chi connectivity index (χ2v) is 15.0. The first-order chi connectivity index (χ1) is 19.6. The Labute approximate surface area is 250 Å². The van der Waals surface area contributed by atoms with Gasteiger partial charge in [0.15, 0.2) is 5.78 Å². The summed E-state index contributed by atoms with van der Waals surface area (Å²) in [4.78, 5) is 24.2. The number of hydrogen-bond acceptors (Lipinski definition) is 4. The molecule has 0 heterocycles. The van der Waals surface area contributed by atoms with Crippen LogP contribution in [0.3, 0.4) is 0 Å². The van der Waals surface area contributed by atoms with Crippen molar-refractivity contribution in [2.24, 2.45) is 35.0 Å². The lowest BCUT2D eigenvalue weighted by atomic mass is 9.49. The normalized spacial score (nSPS) is 33.1. The minimum Gasteiger partial charge on any atom is -0.462 e. The summed E-state index contributed by atoms with van der Waals surface area (Å²) in [6, 6.07) is 0. The first kappa shape index (κ1) is 32.9. The zero-order valence-electron chi connectivity index (χ0n) is 25.5. The van der Waals surface area contributed by atoms with Crippen LogP contribution in [-0.4, -0.2) is 35.5 Å². The van der Waals surface area contributed by atoms with Crippen LogP contribution < -0.4 is 0 Å². The molecule has 4 rings (SSSR count). The second kappa shape index (κ2) is 15.1. The number of thioether (sulfide) groups is 1. The van der Waals surface area contributed by atoms with Crippen LogP contribution in [0, 0.1) is 35.0 Å². The molecule has 0 aliphatic heterocycles. The molecule has 3 fully saturated rings. The second-order valence-electron chi connectivity index (χ2n) is 13.8. The monoisotopic (exact) mass is 598 g/mol. The maximum atomic E-state index is 12.3. The van der Waals surface area contributed by atoms with Crippen molar-refractivity contribution in [1.82, 2.24) is 0 Å². The molecule has 0 spiro atoms. The van der Waals surface area contributed by atoms with Crippen molar-refractivity contribution in [3.05, 3.63) is 11.6 Å². The van der Waals surface area contributed by atoms with Gasteiger partial charge in [0.25, 0.3) is 0 Å². The van der Waals surface area contributed by atoms with E-state index in [1.807, 2.05) is 6.08 Å². The molecule has 0 aromatic carbocycles. The summed E-state index contributed by atoms with van der Waals surface area (Å²) in [6.07, 6.45) is 15.6. The molecule has 3 saturated carbocycles. The summed E-state index contributed by atoms with van der Waals surface area (Å²) < 4.78 is 42.4. The molecule has 0 N–H and O–H groups in total. The SMILES string of the molecule is CC(=O)O[C@H]1CCC2C3C(CC[C@@]21C)C1CCC(=O)C=C1C[C@H]3CCCCCCCCCSCCCCC(F)(F)F. The van der Waals surface area contributed by atoms with Crippen LogP contribution >= 0.6 is 11.8 Å². The molecule has 41 heavy (non-hydrogen) atoms. The molecule has 0 saturated heterocycles. The smallest absolute Gasteiger partial charge is 0.389 e. The fraction of sp³-hybridized carbons (Fsp3) is 0.882. The van der Waals surface area contributed by atoms with Gasteiger partial charge < -0.3 is 4.74 Å². The lowest BCUT2D eigenvalue weighted by Crippen LogP contribution is -2.51. The average molecular weight is 599 g/mol. The van der Waals surface area contributed by atoms with E-state index in [4.69, 9.17) is 4.74 Å². The van der Waals surface area contributed by atoms with Crippen LogP contribution in [0.2, 0.25) is 0 Å². The number of alkyl halides is 3. The summed E-state index contributed by atoms with van der Waals surface area (Å²) in [6.45, 7) is 3.95. The number of allylic oxidation sites excluding steroid dienone is 1. The fourth-order valence-electron chi connectivity index (χ4n) is 9.15. The highest BCUT2D eigenvalue weighted by molar-refractivity contribution is 7.99. The molecule has 0 bridgehead atoms. The molecule has 7 heteroatoms. The van der Waals surface area contributed by atoms with Crippen LogP contribution in [0.1, 0.15) is 129 Å². The van der Waals surface area contributed by atoms with Gasteiger partial charge in [-0.2, -0.15) is 24.9 Å². The summed E-state index contributed by atoms with van der Waals surface area (Å²) in [5.74, 6) is 5.31. The highest BCUT2D eigenvalue weighted by atomic mass is 32.2. The highest BCUT2D eigenvalue weighted by Gasteiger charge is 2.59. The Balaban J connectivity index is 1.18. The Morgan fingerprint density at radius 2 is 1.66 bits per heavy atom. The number of fused-ring (bicyclic) bond motifs is 5. The van der Waals surface area contributed by atoms with E-state index in [1.54, 1.807) is 18.7 Å². The highest BCUT2D eigenvalue weighted by Crippen LogP contribution is 2.64. The summed E-state index contributed by atoms with van der Waals surface area (Å²) in [5, 5.41) is 0. The van der Waals surface area contributed by atoms with Crippen molar-refractivity contribution >= 4 is 23.5 Å². The number of ketones is 1. The predicted octanol–water partition coefficient (Wildman–Crippen LogP) is 9.87. The number of ether oxygens (including phenoxy) is 1. The zero-order chi connectivity index (χ0) is 29.5. The van der Waals surface area contributed by atoms with Gasteiger partial charge in [0, 0.05) is 25.2 Å². The molecule has 4 aliphatic carbocycles. The van der Waals surface area contributed by atoms with E-state index in [0.29, 0.717) is 48.2 Å². The summed E-state index contributed by atoms with van der Waals surface area (Å²) in [5.41, 5.74) is 1.54. The number of rotatable bonds is 15. The van der Waals surface area contributed by atoms with Gasteiger partial charge in [0.2, 0.25) is 0 Å². The van der Waals surface area contributed by atoms with Gasteiger partial charge in [-0.05, 0) is 111 Å². The van der Waals surface area contributed by atoms with E-state index in [-0.39, 0.29) is 23.9 Å². The maximum Gasteiger partial charge on any atom is 0.389 e. The third-order valence-electron chi connectivity index (χ3n) is 11.1. The van der Waals surface area contributed by atoms with Gasteiger partial charge in [-0.15, -0.1) is 0 Å². The van der Waals surface area contributed by atoms with Gasteiger partial charge in [-0.3, -0.25) is 9.59 Å². The van der Waals surface area contributed by atoms with Gasteiger partial charge in [-0.1, -0.05) is 51.0 Å². The minimum atomic E-state index is -4.01. The van der Waals surface area contributed by atoms with Crippen molar-refractivity contribution in [3.8, 4) is 0 Å². The standard InChI is InChI=1S/C34H53F3O3S/c1-24(38)40-31-16-15-30-32-25(22-26-23-27(39)13-14-28(26)29(32)17-19-33(30,31)2)12-8-6-4-3-5-7-10-20-41-21-11-9-18-34(35,36)37/h23,25,28-32H,3-22H2,1-2H3/t25-,28?,29?,30?,31+,32?,33+/m1/s1. The fourth-order valence-corrected chi connectivity index (χ4v) is 10.2. The Kier molecular flexibility index (Phi) is 12.2. The van der Waals surface area contributed by atoms with Gasteiger partial charge in [-0.25, -0.2) is 0 Å². The largest absolute Gasteiger partial charge is 0.462 e. The molecule has 234 valence electrons. The Morgan fingerprint density at radius 3 is 2.37 bits per heavy atom. The quantitative estimate of drug-likeness (QED) is 0.139. The van der Waals surface area contributed by atoms with Crippen LogP contribution in [0.4, 0.5) is 13.2 Å². The van der Waals surface area contributed by atoms with Gasteiger partial charge in [0.1, 0.15) is 6.10 Å². The van der Waals surface area contributed by atoms with Crippen molar-refractivity contribution < 1.29 is 27.5 Å². The van der Waals surface area contributed by atoms with Crippen molar-refractivity contribution in [2.75, 3.05) is 11.5 Å². The van der Waals surface area contributed by atoms with Crippen LogP contribution in [0.15, 0.2) is 11.6 Å². The molecule has 0 amide bonds. The molecule has 0 radical (unpaired) electrons. The van der Waals surface area contributed by atoms with Crippen LogP contribution in [0.25, 0.3) is 0 Å². The minimum absolute atomic E-state index is 0.0595. The number of carbonyl (C=O) groups is 2. The molecular formula is C34H53F3O3S. The number of hydrogen-bond donors (Lipinski definition) is 0. The van der Waals surface area contributed by atoms with E-state index in [2.05, 4.69) is 6.92 Å². The van der Waals surface area contributed by atoms with E-state index >= 15 is 0 Å². The van der Waals surface area contributed by atoms with E-state index in [0.717, 1.165) is 37.2 Å². The molecule has 4 unspecified atom stereocenters. The summed E-state index contributed by atoms with van der Waals surface area (Å²) >= 11 is 1.80. The maximum absolute atomic E-state index is 12.3. The summed E-state index contributed by atoms with van der Waals surface area (Å²) in [7, 11) is 0. The van der Waals surface area contributed by atoms with Gasteiger partial charge in [0.05, 0.1) is 0 Å². The lowest BCUT2D eigenvalue weighted by Gasteiger charge is -2.56. The number of esters is 1. The lowest BCUT2D eigenvalue weighted by molar-refractivity contribution is -0.157. The first-order valence-corrected chi connectivity index (χ1v) is 17.8. The Bertz CT molecular complexity index is 902. The number of carbonyl (C=O) groups excluding carboxylic acids is 2. The number of unbranched alkanes of at least 4 members (excludes halogenated alkanes) is 7. The molecular weight excluding hydrogens is 545 g/mol. The van der Waals surface area contributed by atoms with E-state index < -0.39 is 12.6 Å². The van der Waals surface area contributed by atoms with E-state index in [9.17, 15) is 22.8 Å². The molecule has 3 nitrogen and oxygen atoms in total. The Morgan fingerprint density at radius 1 is 0.976 bits per heavy atom. The first-order valence-electron chi connectivity index (χ1n) is 16.6. The van der Waals surface area contributed by atoms with Crippen LogP contribution in [0.5, 0.6) is 0 Å². The topological polar surface area (TPSA) is 43.4 Å². The molecule has 4 aliphatic rings. The molecule has 0 aromatic rings. The zero-order valence-corrected chi connectivity index (χ0v) is 26.3. The molecule has 7 atom stereocenters. The average Bonchev–Trinajstić information content (AvgIpc) is 3.23. The van der Waals surface area contributed by atoms with Crippen LogP contribution in [-0.2, 0) is 14.3 Å². The number of halogens is 3. The molecule has 0 aromatic heterocycles. The van der Waals surface area contributed by atoms with E-state index in [1.165, 1.54) is 69.8 Å².